The fraction of sp³-hybridized carbons (Fsp3) is 0.286. The van der Waals surface area contributed by atoms with Crippen molar-refractivity contribution in [3.05, 3.63) is 57.3 Å². The van der Waals surface area contributed by atoms with Crippen LogP contribution in [0.15, 0.2) is 40.3 Å². The van der Waals surface area contributed by atoms with Crippen LogP contribution in [0.4, 0.5) is 10.5 Å². The molecule has 9 heteroatoms. The molecule has 0 atom stereocenters. The fourth-order valence-electron chi connectivity index (χ4n) is 3.85. The minimum absolute atomic E-state index is 0.0311. The van der Waals surface area contributed by atoms with E-state index in [4.69, 9.17) is 4.42 Å². The van der Waals surface area contributed by atoms with Gasteiger partial charge in [0.15, 0.2) is 0 Å². The molecule has 1 aromatic heterocycles. The number of urea groups is 1. The zero-order valence-electron chi connectivity index (χ0n) is 16.2. The molecule has 2 fully saturated rings. The Morgan fingerprint density at radius 3 is 2.60 bits per heavy atom. The smallest absolute Gasteiger partial charge is 0.331 e. The molecular weight excluding hydrogens is 390 g/mol. The lowest BCUT2D eigenvalue weighted by Gasteiger charge is -2.30. The van der Waals surface area contributed by atoms with Crippen LogP contribution in [0.25, 0.3) is 17.4 Å². The number of carbonyl (C=O) groups excluding carboxylic acids is 3. The molecule has 1 N–H and O–H groups in total. The molecule has 1 saturated carbocycles. The Balaban J connectivity index is 1.64. The first kappa shape index (κ1) is 19.6. The third-order valence-corrected chi connectivity index (χ3v) is 5.43. The predicted molar refractivity (Wildman–Crippen MR) is 106 cm³/mol. The number of nitrogens with one attached hydrogen (secondary N) is 1. The Morgan fingerprint density at radius 2 is 1.90 bits per heavy atom. The lowest BCUT2D eigenvalue weighted by atomic mass is 10.1. The van der Waals surface area contributed by atoms with Gasteiger partial charge in [0.25, 0.3) is 17.5 Å². The van der Waals surface area contributed by atoms with Gasteiger partial charge in [-0.2, -0.15) is 0 Å². The van der Waals surface area contributed by atoms with Gasteiger partial charge in [0.2, 0.25) is 0 Å². The number of furan rings is 1. The van der Waals surface area contributed by atoms with Crippen molar-refractivity contribution in [1.29, 1.82) is 0 Å². The maximum absolute atomic E-state index is 12.8. The number of carbonyl (C=O) groups is 3. The van der Waals surface area contributed by atoms with Crippen LogP contribution in [0.3, 0.4) is 0 Å². The number of amides is 4. The molecule has 1 saturated heterocycles. The zero-order chi connectivity index (χ0) is 21.4. The van der Waals surface area contributed by atoms with Crippen LogP contribution >= 0.6 is 0 Å². The van der Waals surface area contributed by atoms with Gasteiger partial charge in [-0.25, -0.2) is 4.79 Å². The summed E-state index contributed by atoms with van der Waals surface area (Å²) in [7, 11) is 0. The summed E-state index contributed by atoms with van der Waals surface area (Å²) in [5.41, 5.74) is 0.812. The zero-order valence-corrected chi connectivity index (χ0v) is 16.2. The number of rotatable bonds is 4. The Labute approximate surface area is 171 Å². The molecule has 0 radical (unpaired) electrons. The molecule has 1 aliphatic carbocycles. The molecule has 2 heterocycles. The van der Waals surface area contributed by atoms with Crippen LogP contribution in [0, 0.1) is 17.0 Å². The van der Waals surface area contributed by atoms with E-state index in [0.29, 0.717) is 16.9 Å². The van der Waals surface area contributed by atoms with E-state index in [1.54, 1.807) is 31.2 Å². The maximum atomic E-state index is 12.8. The second-order valence-electron chi connectivity index (χ2n) is 7.39. The van der Waals surface area contributed by atoms with E-state index in [2.05, 4.69) is 5.32 Å². The monoisotopic (exact) mass is 409 g/mol. The molecular formula is C21H19N3O6. The number of aryl methyl sites for hydroxylation is 1. The predicted octanol–water partition coefficient (Wildman–Crippen LogP) is 3.57. The third kappa shape index (κ3) is 3.49. The number of hydrogen-bond donors (Lipinski definition) is 1. The van der Waals surface area contributed by atoms with Crippen molar-refractivity contribution in [2.24, 2.45) is 0 Å². The number of nitro benzene ring substituents is 1. The molecule has 30 heavy (non-hydrogen) atoms. The summed E-state index contributed by atoms with van der Waals surface area (Å²) < 4.78 is 5.70. The SMILES string of the molecule is Cc1ccc(-c2ccc(/C=C3\C(=O)NC(=O)N(C4CCCC4)C3=O)o2)cc1[N+](=O)[O-]. The summed E-state index contributed by atoms with van der Waals surface area (Å²) in [5.74, 6) is -0.826. The van der Waals surface area contributed by atoms with Crippen molar-refractivity contribution >= 4 is 29.6 Å². The molecule has 2 aromatic rings. The summed E-state index contributed by atoms with van der Waals surface area (Å²) >= 11 is 0. The van der Waals surface area contributed by atoms with Gasteiger partial charge in [0.1, 0.15) is 17.1 Å². The first-order valence-electron chi connectivity index (χ1n) is 9.61. The highest BCUT2D eigenvalue weighted by Gasteiger charge is 2.40. The highest BCUT2D eigenvalue weighted by atomic mass is 16.6. The Bertz CT molecular complexity index is 1090. The highest BCUT2D eigenvalue weighted by molar-refractivity contribution is 6.31. The quantitative estimate of drug-likeness (QED) is 0.356. The number of nitro groups is 1. The number of benzene rings is 1. The average molecular weight is 409 g/mol. The molecule has 1 aromatic carbocycles. The molecule has 2 aliphatic rings. The van der Waals surface area contributed by atoms with E-state index in [9.17, 15) is 24.5 Å². The Morgan fingerprint density at radius 1 is 1.17 bits per heavy atom. The number of imide groups is 2. The van der Waals surface area contributed by atoms with Gasteiger partial charge in [-0.1, -0.05) is 25.0 Å². The molecule has 9 nitrogen and oxygen atoms in total. The topological polar surface area (TPSA) is 123 Å². The molecule has 154 valence electrons. The van der Waals surface area contributed by atoms with Crippen LogP contribution in [0.1, 0.15) is 37.0 Å². The molecule has 0 bridgehead atoms. The highest BCUT2D eigenvalue weighted by Crippen LogP contribution is 2.30. The van der Waals surface area contributed by atoms with Crippen molar-refractivity contribution in [2.75, 3.05) is 0 Å². The molecule has 0 spiro atoms. The summed E-state index contributed by atoms with van der Waals surface area (Å²) in [4.78, 5) is 49.1. The van der Waals surface area contributed by atoms with Crippen molar-refractivity contribution in [1.82, 2.24) is 10.2 Å². The number of barbiturate groups is 1. The Kier molecular flexibility index (Phi) is 4.94. The van der Waals surface area contributed by atoms with Gasteiger partial charge in [-0.3, -0.25) is 29.9 Å². The van der Waals surface area contributed by atoms with Crippen molar-refractivity contribution < 1.29 is 23.7 Å². The normalized spacial score (nSPS) is 18.9. The first-order chi connectivity index (χ1) is 14.3. The second-order valence-corrected chi connectivity index (χ2v) is 7.39. The van der Waals surface area contributed by atoms with Crippen molar-refractivity contribution in [3.63, 3.8) is 0 Å². The van der Waals surface area contributed by atoms with E-state index in [-0.39, 0.29) is 23.1 Å². The summed E-state index contributed by atoms with van der Waals surface area (Å²) in [6.07, 6.45) is 4.59. The van der Waals surface area contributed by atoms with Crippen LogP contribution < -0.4 is 5.32 Å². The van der Waals surface area contributed by atoms with Crippen LogP contribution in [0.5, 0.6) is 0 Å². The molecule has 4 amide bonds. The van der Waals surface area contributed by atoms with E-state index in [1.807, 2.05) is 0 Å². The molecule has 4 rings (SSSR count). The lowest BCUT2D eigenvalue weighted by molar-refractivity contribution is -0.385. The van der Waals surface area contributed by atoms with E-state index in [1.165, 1.54) is 12.1 Å². The molecule has 1 aliphatic heterocycles. The van der Waals surface area contributed by atoms with Crippen LogP contribution in [-0.4, -0.2) is 33.7 Å². The molecule has 0 unspecified atom stereocenters. The summed E-state index contributed by atoms with van der Waals surface area (Å²) in [5, 5.41) is 13.4. The van der Waals surface area contributed by atoms with Crippen molar-refractivity contribution in [2.45, 2.75) is 38.6 Å². The van der Waals surface area contributed by atoms with Gasteiger partial charge in [-0.15, -0.1) is 0 Å². The Hall–Kier alpha value is -3.75. The second kappa shape index (κ2) is 7.58. The minimum Gasteiger partial charge on any atom is -0.457 e. The summed E-state index contributed by atoms with van der Waals surface area (Å²) in [6, 6.07) is 6.98. The van der Waals surface area contributed by atoms with Crippen LogP contribution in [-0.2, 0) is 9.59 Å². The van der Waals surface area contributed by atoms with Gasteiger partial charge in [0, 0.05) is 23.2 Å². The van der Waals surface area contributed by atoms with E-state index < -0.39 is 22.8 Å². The lowest BCUT2D eigenvalue weighted by Crippen LogP contribution is -2.57. The van der Waals surface area contributed by atoms with Crippen LogP contribution in [0.2, 0.25) is 0 Å². The van der Waals surface area contributed by atoms with Gasteiger partial charge in [-0.05, 0) is 38.0 Å². The van der Waals surface area contributed by atoms with Gasteiger partial charge in [0.05, 0.1) is 4.92 Å². The maximum Gasteiger partial charge on any atom is 0.331 e. The third-order valence-electron chi connectivity index (χ3n) is 5.43. The summed E-state index contributed by atoms with van der Waals surface area (Å²) in [6.45, 7) is 1.64. The standard InChI is InChI=1S/C21H19N3O6/c1-12-6-7-13(10-17(12)24(28)29)18-9-8-15(30-18)11-16-19(25)22-21(27)23(20(16)26)14-4-2-3-5-14/h6-11,14H,2-5H2,1H3,(H,22,25,27)/b16-11+. The largest absolute Gasteiger partial charge is 0.457 e. The fourth-order valence-corrected chi connectivity index (χ4v) is 3.85. The number of nitrogens with zero attached hydrogens (tertiary/aromatic N) is 2. The first-order valence-corrected chi connectivity index (χ1v) is 9.61. The van der Waals surface area contributed by atoms with Crippen molar-refractivity contribution in [3.8, 4) is 11.3 Å². The van der Waals surface area contributed by atoms with Gasteiger partial charge < -0.3 is 4.42 Å². The van der Waals surface area contributed by atoms with E-state index >= 15 is 0 Å². The minimum atomic E-state index is -0.775. The average Bonchev–Trinajstić information content (AvgIpc) is 3.37. The van der Waals surface area contributed by atoms with E-state index in [0.717, 1.165) is 30.6 Å². The van der Waals surface area contributed by atoms with Gasteiger partial charge >= 0.3 is 6.03 Å². The number of hydrogen-bond acceptors (Lipinski definition) is 6.